The van der Waals surface area contributed by atoms with Crippen LogP contribution >= 0.6 is 34.8 Å². The van der Waals surface area contributed by atoms with Crippen LogP contribution < -0.4 is 15.5 Å². The highest BCUT2D eigenvalue weighted by Crippen LogP contribution is 2.31. The van der Waals surface area contributed by atoms with Crippen molar-refractivity contribution in [3.05, 3.63) is 98.6 Å². The molecule has 0 aliphatic carbocycles. The number of benzene rings is 3. The van der Waals surface area contributed by atoms with Gasteiger partial charge in [0.1, 0.15) is 10.7 Å². The van der Waals surface area contributed by atoms with Gasteiger partial charge in [0.05, 0.1) is 27.4 Å². The minimum absolute atomic E-state index is 0.151. The maximum atomic E-state index is 13.1. The van der Waals surface area contributed by atoms with Crippen LogP contribution in [0.5, 0.6) is 0 Å². The molecular weight excluding hydrogens is 553 g/mol. The zero-order valence-corrected chi connectivity index (χ0v) is 22.3. The molecule has 11 heteroatoms. The van der Waals surface area contributed by atoms with Gasteiger partial charge in [0, 0.05) is 16.9 Å². The Labute approximate surface area is 233 Å². The number of amides is 3. The number of nitrogens with zero attached hydrogens (tertiary/aromatic N) is 1. The molecule has 0 aromatic heterocycles. The number of hydrogen-bond donors (Lipinski definition) is 2. The fraction of sp³-hybridized carbons (Fsp3) is 0.111. The van der Waals surface area contributed by atoms with E-state index in [1.807, 2.05) is 0 Å². The Morgan fingerprint density at radius 3 is 2.18 bits per heavy atom. The lowest BCUT2D eigenvalue weighted by Crippen LogP contribution is -2.32. The molecular formula is C27H20Cl3N3O5. The Hall–Kier alpha value is -3.85. The molecule has 0 saturated heterocycles. The first-order valence-corrected chi connectivity index (χ1v) is 12.4. The number of hydrogen-bond acceptors (Lipinski definition) is 6. The topological polar surface area (TPSA) is 105 Å². The van der Waals surface area contributed by atoms with Crippen molar-refractivity contribution in [1.82, 2.24) is 0 Å². The standard InChI is InChI=1S/C27H20Cl3N3O5/c1-14(2)38-27(37)15-6-9-19(10-7-15)33-25(35)22(30)23(26(33)36)31-17-5-3-4-16(12-17)24(34)32-18-8-11-20(28)21(29)13-18/h3-14,31H,1-2H3,(H,32,34). The third kappa shape index (κ3) is 5.83. The second kappa shape index (κ2) is 11.3. The van der Waals surface area contributed by atoms with Crippen LogP contribution in [0.2, 0.25) is 10.0 Å². The van der Waals surface area contributed by atoms with Crippen LogP contribution in [0.4, 0.5) is 17.1 Å². The molecule has 0 bridgehead atoms. The molecule has 1 aliphatic heterocycles. The van der Waals surface area contributed by atoms with Crippen LogP contribution in [-0.4, -0.2) is 29.8 Å². The Bertz CT molecular complexity index is 1490. The second-order valence-corrected chi connectivity index (χ2v) is 9.62. The zero-order chi connectivity index (χ0) is 27.6. The van der Waals surface area contributed by atoms with Gasteiger partial charge in [-0.1, -0.05) is 40.9 Å². The van der Waals surface area contributed by atoms with E-state index in [0.717, 1.165) is 4.90 Å². The number of ether oxygens (including phenoxy) is 1. The fourth-order valence-corrected chi connectivity index (χ4v) is 4.04. The van der Waals surface area contributed by atoms with E-state index < -0.39 is 23.7 Å². The summed E-state index contributed by atoms with van der Waals surface area (Å²) in [5.41, 5.74) is 1.43. The lowest BCUT2D eigenvalue weighted by Gasteiger charge is -2.16. The van der Waals surface area contributed by atoms with E-state index in [9.17, 15) is 19.2 Å². The third-order valence-corrected chi connectivity index (χ3v) is 6.39. The molecule has 3 aromatic rings. The van der Waals surface area contributed by atoms with Crippen molar-refractivity contribution < 1.29 is 23.9 Å². The molecule has 0 saturated carbocycles. The highest BCUT2D eigenvalue weighted by atomic mass is 35.5. The zero-order valence-electron chi connectivity index (χ0n) is 20.1. The van der Waals surface area contributed by atoms with Gasteiger partial charge >= 0.3 is 5.97 Å². The quantitative estimate of drug-likeness (QED) is 0.256. The van der Waals surface area contributed by atoms with Gasteiger partial charge in [-0.25, -0.2) is 9.69 Å². The highest BCUT2D eigenvalue weighted by molar-refractivity contribution is 6.53. The van der Waals surface area contributed by atoms with Gasteiger partial charge in [0.15, 0.2) is 0 Å². The summed E-state index contributed by atoms with van der Waals surface area (Å²) in [6.45, 7) is 3.46. The maximum Gasteiger partial charge on any atom is 0.338 e. The molecule has 0 atom stereocenters. The summed E-state index contributed by atoms with van der Waals surface area (Å²) in [5, 5.41) is 5.89. The monoisotopic (exact) mass is 571 g/mol. The van der Waals surface area contributed by atoms with Crippen LogP contribution in [0.25, 0.3) is 0 Å². The summed E-state index contributed by atoms with van der Waals surface area (Å²) in [7, 11) is 0. The molecule has 194 valence electrons. The SMILES string of the molecule is CC(C)OC(=O)c1ccc(N2C(=O)C(Cl)=C(Nc3cccc(C(=O)Nc4ccc(Cl)c(Cl)c4)c3)C2=O)cc1. The molecule has 0 radical (unpaired) electrons. The van der Waals surface area contributed by atoms with Crippen molar-refractivity contribution >= 4 is 75.6 Å². The molecule has 8 nitrogen and oxygen atoms in total. The minimum Gasteiger partial charge on any atom is -0.459 e. The van der Waals surface area contributed by atoms with Crippen molar-refractivity contribution in [3.63, 3.8) is 0 Å². The minimum atomic E-state index is -0.731. The lowest BCUT2D eigenvalue weighted by molar-refractivity contribution is -0.120. The second-order valence-electron chi connectivity index (χ2n) is 8.42. The molecule has 2 N–H and O–H groups in total. The van der Waals surface area contributed by atoms with E-state index in [1.165, 1.54) is 36.4 Å². The van der Waals surface area contributed by atoms with Crippen molar-refractivity contribution in [1.29, 1.82) is 0 Å². The van der Waals surface area contributed by atoms with Gasteiger partial charge in [0.25, 0.3) is 17.7 Å². The van der Waals surface area contributed by atoms with E-state index in [0.29, 0.717) is 21.4 Å². The van der Waals surface area contributed by atoms with Gasteiger partial charge in [0.2, 0.25) is 0 Å². The van der Waals surface area contributed by atoms with Crippen molar-refractivity contribution in [2.45, 2.75) is 20.0 Å². The first-order valence-electron chi connectivity index (χ1n) is 11.3. The summed E-state index contributed by atoms with van der Waals surface area (Å²) in [6.07, 6.45) is -0.291. The summed E-state index contributed by atoms with van der Waals surface area (Å²) >= 11 is 18.1. The highest BCUT2D eigenvalue weighted by Gasteiger charge is 2.39. The van der Waals surface area contributed by atoms with E-state index >= 15 is 0 Å². The smallest absolute Gasteiger partial charge is 0.338 e. The third-order valence-electron chi connectivity index (χ3n) is 5.30. The molecule has 1 heterocycles. The Morgan fingerprint density at radius 2 is 1.53 bits per heavy atom. The van der Waals surface area contributed by atoms with E-state index in [1.54, 1.807) is 44.2 Å². The summed E-state index contributed by atoms with van der Waals surface area (Å²) in [6, 6.07) is 16.8. The van der Waals surface area contributed by atoms with Gasteiger partial charge in [-0.15, -0.1) is 0 Å². The maximum absolute atomic E-state index is 13.1. The molecule has 3 aromatic carbocycles. The predicted octanol–water partition coefficient (Wildman–Crippen LogP) is 6.25. The predicted molar refractivity (Wildman–Crippen MR) is 147 cm³/mol. The van der Waals surface area contributed by atoms with Gasteiger partial charge < -0.3 is 15.4 Å². The number of carbonyl (C=O) groups excluding carboxylic acids is 4. The molecule has 4 rings (SSSR count). The molecule has 3 amide bonds. The average molecular weight is 573 g/mol. The Morgan fingerprint density at radius 1 is 0.816 bits per heavy atom. The molecule has 1 aliphatic rings. The van der Waals surface area contributed by atoms with Gasteiger partial charge in [-0.2, -0.15) is 0 Å². The number of anilines is 3. The van der Waals surface area contributed by atoms with Crippen molar-refractivity contribution in [2.75, 3.05) is 15.5 Å². The Kier molecular flexibility index (Phi) is 8.06. The first-order chi connectivity index (χ1) is 18.0. The number of rotatable bonds is 7. The number of esters is 1. The first kappa shape index (κ1) is 27.2. The molecule has 0 unspecified atom stereocenters. The largest absolute Gasteiger partial charge is 0.459 e. The lowest BCUT2D eigenvalue weighted by atomic mass is 10.1. The van der Waals surface area contributed by atoms with E-state index in [4.69, 9.17) is 39.5 Å². The van der Waals surface area contributed by atoms with Crippen molar-refractivity contribution in [2.24, 2.45) is 0 Å². The number of carbonyl (C=O) groups is 4. The van der Waals surface area contributed by atoms with E-state index in [-0.39, 0.29) is 33.6 Å². The van der Waals surface area contributed by atoms with Gasteiger partial charge in [-0.05, 0) is 74.5 Å². The normalized spacial score (nSPS) is 13.3. The van der Waals surface area contributed by atoms with Crippen LogP contribution in [0, 0.1) is 0 Å². The van der Waals surface area contributed by atoms with Crippen LogP contribution in [0.1, 0.15) is 34.6 Å². The van der Waals surface area contributed by atoms with Crippen LogP contribution in [-0.2, 0) is 14.3 Å². The molecule has 0 fully saturated rings. The van der Waals surface area contributed by atoms with Crippen molar-refractivity contribution in [3.8, 4) is 0 Å². The van der Waals surface area contributed by atoms with Gasteiger partial charge in [-0.3, -0.25) is 14.4 Å². The average Bonchev–Trinajstić information content (AvgIpc) is 3.09. The molecule has 0 spiro atoms. The number of nitrogens with one attached hydrogen (secondary N) is 2. The van der Waals surface area contributed by atoms with Crippen LogP contribution in [0.15, 0.2) is 77.5 Å². The summed E-state index contributed by atoms with van der Waals surface area (Å²) in [4.78, 5) is 51.6. The summed E-state index contributed by atoms with van der Waals surface area (Å²) in [5.74, 6) is -2.38. The summed E-state index contributed by atoms with van der Waals surface area (Å²) < 4.78 is 5.15. The fourth-order valence-electron chi connectivity index (χ4n) is 3.53. The Balaban J connectivity index is 1.49. The van der Waals surface area contributed by atoms with Crippen LogP contribution in [0.3, 0.4) is 0 Å². The number of halogens is 3. The molecule has 38 heavy (non-hydrogen) atoms. The van der Waals surface area contributed by atoms with E-state index in [2.05, 4.69) is 10.6 Å². The number of imide groups is 1.